The number of hydrogen-bond donors (Lipinski definition) is 0. The molecule has 0 aromatic heterocycles. The standard InChI is InChI=1S/C21H40O2S.3CH3.Sn/c1-2-3-4-5-6-7-8-9-10-11-12-13-14-15-16-17-18-20(19-24)21(22)23;;;;/h19-20H,2-18H2,1H3,(H,22,23);3*1H3;/q;;;;+1/p-1. The molecule has 0 N–H and O–H groups in total. The van der Waals surface area contributed by atoms with Crippen LogP contribution in [0.3, 0.4) is 0 Å². The number of rotatable bonds is 19. The van der Waals surface area contributed by atoms with Gasteiger partial charge < -0.3 is 9.90 Å². The molecule has 0 aliphatic rings. The van der Waals surface area contributed by atoms with Crippen LogP contribution in [0.4, 0.5) is 0 Å². The van der Waals surface area contributed by atoms with E-state index in [1.54, 1.807) is 0 Å². The molecule has 166 valence electrons. The molecular weight excluding hydrogens is 471 g/mol. The first-order valence-corrected chi connectivity index (χ1v) is 20.9. The summed E-state index contributed by atoms with van der Waals surface area (Å²) in [7, 11) is 0. The van der Waals surface area contributed by atoms with Crippen LogP contribution in [0.15, 0.2) is 0 Å². The number of carboxylic acids is 1. The number of thiocarbonyl (C=S) groups is 1. The fourth-order valence-corrected chi connectivity index (χ4v) is 3.40. The predicted molar refractivity (Wildman–Crippen MR) is 130 cm³/mol. The second-order valence-electron chi connectivity index (χ2n) is 8.65. The Labute approximate surface area is 189 Å². The summed E-state index contributed by atoms with van der Waals surface area (Å²) in [4.78, 5) is 17.8. The second-order valence-corrected chi connectivity index (χ2v) is 17.5. The van der Waals surface area contributed by atoms with E-state index < -0.39 is 31.6 Å². The molecule has 0 spiro atoms. The number of aliphatic carboxylic acids is 1. The summed E-state index contributed by atoms with van der Waals surface area (Å²) in [5.41, 5.74) is 0. The van der Waals surface area contributed by atoms with Crippen molar-refractivity contribution in [3.05, 3.63) is 0 Å². The summed E-state index contributed by atoms with van der Waals surface area (Å²) in [5.74, 6) is -1.56. The number of hydrogen-bond acceptors (Lipinski definition) is 3. The van der Waals surface area contributed by atoms with Crippen molar-refractivity contribution in [1.82, 2.24) is 0 Å². The topological polar surface area (TPSA) is 40.1 Å². The van der Waals surface area contributed by atoms with Crippen LogP contribution in [-0.2, 0) is 4.79 Å². The molecule has 0 amide bonds. The maximum absolute atomic E-state index is 10.7. The Balaban J connectivity index is 0. The van der Waals surface area contributed by atoms with E-state index in [4.69, 9.17) is 12.2 Å². The average Bonchev–Trinajstić information content (AvgIpc) is 2.63. The molecule has 2 nitrogen and oxygen atoms in total. The fraction of sp³-hybridized carbons (Fsp3) is 0.917. The van der Waals surface area contributed by atoms with Crippen molar-refractivity contribution >= 4 is 43.3 Å². The van der Waals surface area contributed by atoms with Gasteiger partial charge in [-0.1, -0.05) is 122 Å². The molecule has 0 saturated heterocycles. The van der Waals surface area contributed by atoms with E-state index in [0.29, 0.717) is 6.42 Å². The third kappa shape index (κ3) is 28.6. The second kappa shape index (κ2) is 25.4. The van der Waals surface area contributed by atoms with Crippen LogP contribution >= 0.6 is 12.2 Å². The molecule has 0 saturated carbocycles. The predicted octanol–water partition coefficient (Wildman–Crippen LogP) is 7.37. The minimum absolute atomic E-state index is 0.536. The quantitative estimate of drug-likeness (QED) is 0.102. The molecule has 0 aromatic carbocycles. The van der Waals surface area contributed by atoms with Crippen LogP contribution in [0.5, 0.6) is 0 Å². The van der Waals surface area contributed by atoms with Gasteiger partial charge in [-0.15, -0.1) is 0 Å². The van der Waals surface area contributed by atoms with Crippen molar-refractivity contribution in [3.8, 4) is 0 Å². The zero-order chi connectivity index (χ0) is 21.5. The molecule has 4 heteroatoms. The van der Waals surface area contributed by atoms with Crippen molar-refractivity contribution < 1.29 is 9.90 Å². The summed E-state index contributed by atoms with van der Waals surface area (Å²) in [6, 6.07) is 0. The minimum atomic E-state index is -1.02. The van der Waals surface area contributed by atoms with Gasteiger partial charge in [0.1, 0.15) is 0 Å². The maximum atomic E-state index is 10.7. The van der Waals surface area contributed by atoms with Gasteiger partial charge in [-0.25, -0.2) is 0 Å². The number of carboxylic acid groups (broad SMARTS) is 1. The molecular formula is C24H48O2SSn. The van der Waals surface area contributed by atoms with Gasteiger partial charge >= 0.3 is 34.6 Å². The van der Waals surface area contributed by atoms with Gasteiger partial charge in [0.2, 0.25) is 0 Å². The Kier molecular flexibility index (Phi) is 27.7. The van der Waals surface area contributed by atoms with Gasteiger partial charge in [0.15, 0.2) is 0 Å². The summed E-state index contributed by atoms with van der Waals surface area (Å²) >= 11 is 4.17. The summed E-state index contributed by atoms with van der Waals surface area (Å²) in [6.07, 6.45) is 22.0. The molecule has 0 heterocycles. The monoisotopic (exact) mass is 520 g/mol. The van der Waals surface area contributed by atoms with Gasteiger partial charge in [0.25, 0.3) is 0 Å². The van der Waals surface area contributed by atoms with Crippen LogP contribution in [0.25, 0.3) is 0 Å². The zero-order valence-corrected chi connectivity index (χ0v) is 23.1. The zero-order valence-electron chi connectivity index (χ0n) is 19.4. The van der Waals surface area contributed by atoms with Gasteiger partial charge in [0.05, 0.1) is 0 Å². The Hall–Kier alpha value is 0.359. The average molecular weight is 519 g/mol. The van der Waals surface area contributed by atoms with Crippen LogP contribution in [-0.4, -0.2) is 31.1 Å². The van der Waals surface area contributed by atoms with E-state index in [0.717, 1.165) is 12.8 Å². The Morgan fingerprint density at radius 2 is 1.04 bits per heavy atom. The number of carbonyl (C=O) groups is 1. The molecule has 0 aromatic rings. The van der Waals surface area contributed by atoms with Gasteiger partial charge in [-0.05, 0) is 11.8 Å². The molecule has 28 heavy (non-hydrogen) atoms. The first-order chi connectivity index (χ1) is 13.5. The normalized spacial score (nSPS) is 11.4. The van der Waals surface area contributed by atoms with E-state index in [1.807, 2.05) is 0 Å². The van der Waals surface area contributed by atoms with E-state index in [9.17, 15) is 9.90 Å². The van der Waals surface area contributed by atoms with Crippen molar-refractivity contribution in [2.75, 3.05) is 0 Å². The molecule has 0 aliphatic carbocycles. The molecule has 0 radical (unpaired) electrons. The number of carbonyl (C=O) groups excluding carboxylic acids is 1. The molecule has 1 unspecified atom stereocenters. The van der Waals surface area contributed by atoms with E-state index in [1.165, 1.54) is 95.3 Å². The van der Waals surface area contributed by atoms with E-state index >= 15 is 0 Å². The first kappa shape index (κ1) is 30.6. The third-order valence-corrected chi connectivity index (χ3v) is 5.16. The summed E-state index contributed by atoms with van der Waals surface area (Å²) in [6.45, 7) is 2.27. The summed E-state index contributed by atoms with van der Waals surface area (Å²) in [5, 5.41) is 12.0. The fourth-order valence-electron chi connectivity index (χ4n) is 3.15. The molecule has 0 aliphatic heterocycles. The van der Waals surface area contributed by atoms with Gasteiger partial charge in [0, 0.05) is 11.9 Å². The van der Waals surface area contributed by atoms with Crippen molar-refractivity contribution in [2.45, 2.75) is 131 Å². The van der Waals surface area contributed by atoms with Crippen LogP contribution < -0.4 is 5.11 Å². The Bertz CT molecular complexity index is 332. The SMILES string of the molecule is CCCCCCCCCCCCCCCCCCC(C=S)C(=O)[O-].[CH3][Sn+]([CH3])[CH3]. The van der Waals surface area contributed by atoms with Crippen LogP contribution in [0, 0.1) is 5.92 Å². The number of unbranched alkanes of at least 4 members (excludes halogenated alkanes) is 15. The third-order valence-electron chi connectivity index (χ3n) is 4.84. The Morgan fingerprint density at radius 3 is 1.29 bits per heavy atom. The molecule has 1 atom stereocenters. The van der Waals surface area contributed by atoms with Gasteiger partial charge in [-0.2, -0.15) is 0 Å². The molecule has 0 bridgehead atoms. The van der Waals surface area contributed by atoms with E-state index in [-0.39, 0.29) is 0 Å². The van der Waals surface area contributed by atoms with Crippen LogP contribution in [0.2, 0.25) is 14.8 Å². The Morgan fingerprint density at radius 1 is 0.750 bits per heavy atom. The van der Waals surface area contributed by atoms with Crippen molar-refractivity contribution in [2.24, 2.45) is 5.92 Å². The van der Waals surface area contributed by atoms with Gasteiger partial charge in [-0.3, -0.25) is 0 Å². The molecule has 0 fully saturated rings. The van der Waals surface area contributed by atoms with Crippen LogP contribution in [0.1, 0.15) is 116 Å². The molecule has 0 rings (SSSR count). The summed E-state index contributed by atoms with van der Waals surface area (Å²) < 4.78 is 0. The first-order valence-electron chi connectivity index (χ1n) is 11.9. The van der Waals surface area contributed by atoms with Crippen molar-refractivity contribution in [1.29, 1.82) is 0 Å². The van der Waals surface area contributed by atoms with Crippen molar-refractivity contribution in [3.63, 3.8) is 0 Å². The van der Waals surface area contributed by atoms with E-state index in [2.05, 4.69) is 21.7 Å².